The summed E-state index contributed by atoms with van der Waals surface area (Å²) in [5.74, 6) is -0.503. The average molecular weight is 280 g/mol. The van der Waals surface area contributed by atoms with E-state index in [0.29, 0.717) is 12.8 Å². The minimum atomic E-state index is -1.01. The van der Waals surface area contributed by atoms with Gasteiger partial charge in [-0.05, 0) is 25.7 Å². The zero-order valence-electron chi connectivity index (χ0n) is 12.6. The van der Waals surface area contributed by atoms with Gasteiger partial charge in [0.1, 0.15) is 5.41 Å². The van der Waals surface area contributed by atoms with E-state index in [1.54, 1.807) is 0 Å². The molecule has 2 rings (SSSR count). The predicted octanol–water partition coefficient (Wildman–Crippen LogP) is 2.45. The molecule has 1 spiro atoms. The highest BCUT2D eigenvalue weighted by atomic mass is 16.2. The number of urea groups is 1. The van der Waals surface area contributed by atoms with Gasteiger partial charge in [-0.25, -0.2) is 4.79 Å². The molecule has 0 radical (unpaired) electrons. The summed E-state index contributed by atoms with van der Waals surface area (Å²) in [5.41, 5.74) is -1.01. The van der Waals surface area contributed by atoms with Gasteiger partial charge in [0, 0.05) is 6.04 Å². The lowest BCUT2D eigenvalue weighted by molar-refractivity contribution is -0.154. The normalized spacial score (nSPS) is 24.8. The first-order valence-electron chi connectivity index (χ1n) is 7.59. The summed E-state index contributed by atoms with van der Waals surface area (Å²) in [7, 11) is 0. The fraction of sp³-hybridized carbons (Fsp3) is 0.800. The van der Waals surface area contributed by atoms with Gasteiger partial charge >= 0.3 is 6.03 Å². The van der Waals surface area contributed by atoms with Crippen molar-refractivity contribution < 1.29 is 14.4 Å². The largest absolute Gasteiger partial charge is 0.331 e. The van der Waals surface area contributed by atoms with Crippen molar-refractivity contribution in [2.24, 2.45) is 11.3 Å². The number of carbonyl (C=O) groups is 3. The number of nitrogens with one attached hydrogen (secondary N) is 1. The number of carbonyl (C=O) groups excluding carboxylic acids is 3. The second-order valence-electron chi connectivity index (χ2n) is 6.42. The van der Waals surface area contributed by atoms with Crippen molar-refractivity contribution in [1.82, 2.24) is 10.2 Å². The second kappa shape index (κ2) is 5.54. The standard InChI is InChI=1S/C15H24N2O3/c1-10(2)11(3)17-13(19)15(12(18)16-14(17)20)8-6-4-5-7-9-15/h10-11H,4-9H2,1-3H3,(H,16,18,20). The Hall–Kier alpha value is -1.39. The van der Waals surface area contributed by atoms with E-state index in [4.69, 9.17) is 0 Å². The van der Waals surface area contributed by atoms with Crippen LogP contribution in [0.15, 0.2) is 0 Å². The van der Waals surface area contributed by atoms with Crippen LogP contribution < -0.4 is 5.32 Å². The molecule has 20 heavy (non-hydrogen) atoms. The monoisotopic (exact) mass is 280 g/mol. The Morgan fingerprint density at radius 1 is 1.00 bits per heavy atom. The molecule has 0 aromatic rings. The third-order valence-corrected chi connectivity index (χ3v) is 4.83. The third-order valence-electron chi connectivity index (χ3n) is 4.83. The molecule has 0 aromatic carbocycles. The maximum Gasteiger partial charge on any atom is 0.331 e. The SMILES string of the molecule is CC(C)C(C)N1C(=O)NC(=O)C2(CCCCCC2)C1=O. The topological polar surface area (TPSA) is 66.5 Å². The summed E-state index contributed by atoms with van der Waals surface area (Å²) in [6.45, 7) is 5.81. The van der Waals surface area contributed by atoms with Crippen LogP contribution in [-0.4, -0.2) is 28.8 Å². The smallest absolute Gasteiger partial charge is 0.277 e. The summed E-state index contributed by atoms with van der Waals surface area (Å²) in [6.07, 6.45) is 4.97. The zero-order chi connectivity index (χ0) is 14.9. The molecule has 2 fully saturated rings. The summed E-state index contributed by atoms with van der Waals surface area (Å²) in [4.78, 5) is 38.5. The fourth-order valence-corrected chi connectivity index (χ4v) is 3.14. The molecule has 0 bridgehead atoms. The number of barbiturate groups is 1. The zero-order valence-corrected chi connectivity index (χ0v) is 12.6. The van der Waals surface area contributed by atoms with Crippen molar-refractivity contribution in [3.63, 3.8) is 0 Å². The Morgan fingerprint density at radius 2 is 1.55 bits per heavy atom. The molecule has 1 heterocycles. The van der Waals surface area contributed by atoms with Gasteiger partial charge in [0.25, 0.3) is 0 Å². The number of hydrogen-bond acceptors (Lipinski definition) is 3. The lowest BCUT2D eigenvalue weighted by atomic mass is 9.76. The van der Waals surface area contributed by atoms with E-state index in [1.807, 2.05) is 20.8 Å². The highest BCUT2D eigenvalue weighted by Crippen LogP contribution is 2.40. The van der Waals surface area contributed by atoms with Crippen LogP contribution in [0.3, 0.4) is 0 Å². The highest BCUT2D eigenvalue weighted by Gasteiger charge is 2.54. The average Bonchev–Trinajstić information content (AvgIpc) is 2.63. The minimum absolute atomic E-state index is 0.167. The van der Waals surface area contributed by atoms with E-state index in [-0.39, 0.29) is 23.8 Å². The Labute approximate surface area is 120 Å². The van der Waals surface area contributed by atoms with Crippen molar-refractivity contribution in [1.29, 1.82) is 0 Å². The molecule has 112 valence electrons. The van der Waals surface area contributed by atoms with Crippen LogP contribution in [0.25, 0.3) is 0 Å². The quantitative estimate of drug-likeness (QED) is 0.790. The van der Waals surface area contributed by atoms with Gasteiger partial charge in [0.15, 0.2) is 0 Å². The van der Waals surface area contributed by atoms with Gasteiger partial charge in [-0.1, -0.05) is 39.5 Å². The van der Waals surface area contributed by atoms with Crippen LogP contribution >= 0.6 is 0 Å². The van der Waals surface area contributed by atoms with Crippen molar-refractivity contribution in [2.45, 2.75) is 65.3 Å². The number of amides is 4. The van der Waals surface area contributed by atoms with Gasteiger partial charge < -0.3 is 0 Å². The van der Waals surface area contributed by atoms with Crippen molar-refractivity contribution in [3.05, 3.63) is 0 Å². The van der Waals surface area contributed by atoms with Gasteiger partial charge in [-0.15, -0.1) is 0 Å². The molecule has 5 heteroatoms. The lowest BCUT2D eigenvalue weighted by Crippen LogP contribution is -2.66. The lowest BCUT2D eigenvalue weighted by Gasteiger charge is -2.42. The molecule has 5 nitrogen and oxygen atoms in total. The van der Waals surface area contributed by atoms with Crippen molar-refractivity contribution in [3.8, 4) is 0 Å². The van der Waals surface area contributed by atoms with E-state index >= 15 is 0 Å². The minimum Gasteiger partial charge on any atom is -0.277 e. The summed E-state index contributed by atoms with van der Waals surface area (Å²) in [5, 5.41) is 2.41. The number of rotatable bonds is 2. The van der Waals surface area contributed by atoms with Crippen molar-refractivity contribution in [2.75, 3.05) is 0 Å². The number of hydrogen-bond donors (Lipinski definition) is 1. The highest BCUT2D eigenvalue weighted by molar-refractivity contribution is 6.19. The van der Waals surface area contributed by atoms with E-state index in [2.05, 4.69) is 5.32 Å². The second-order valence-corrected chi connectivity index (χ2v) is 6.42. The Bertz CT molecular complexity index is 423. The first-order chi connectivity index (χ1) is 9.40. The maximum absolute atomic E-state index is 12.9. The Morgan fingerprint density at radius 3 is 2.05 bits per heavy atom. The van der Waals surface area contributed by atoms with Crippen LogP contribution in [0.5, 0.6) is 0 Å². The summed E-state index contributed by atoms with van der Waals surface area (Å²) in [6, 6.07) is -0.758. The van der Waals surface area contributed by atoms with Gasteiger partial charge in [-0.3, -0.25) is 19.8 Å². The first kappa shape index (κ1) is 15.0. The molecule has 1 saturated heterocycles. The molecule has 1 N–H and O–H groups in total. The van der Waals surface area contributed by atoms with Crippen LogP contribution in [-0.2, 0) is 9.59 Å². The maximum atomic E-state index is 12.9. The molecule has 4 amide bonds. The molecule has 1 aliphatic carbocycles. The van der Waals surface area contributed by atoms with E-state index in [0.717, 1.165) is 25.7 Å². The molecular formula is C15H24N2O3. The number of imide groups is 2. The van der Waals surface area contributed by atoms with Crippen molar-refractivity contribution >= 4 is 17.8 Å². The molecular weight excluding hydrogens is 256 g/mol. The van der Waals surface area contributed by atoms with E-state index in [9.17, 15) is 14.4 Å². The summed E-state index contributed by atoms with van der Waals surface area (Å²) < 4.78 is 0. The first-order valence-corrected chi connectivity index (χ1v) is 7.59. The Kier molecular flexibility index (Phi) is 4.16. The molecule has 0 aromatic heterocycles. The van der Waals surface area contributed by atoms with Crippen LogP contribution in [0.1, 0.15) is 59.3 Å². The number of nitrogens with zero attached hydrogens (tertiary/aromatic N) is 1. The van der Waals surface area contributed by atoms with Crippen LogP contribution in [0, 0.1) is 11.3 Å². The molecule has 1 unspecified atom stereocenters. The molecule has 1 saturated carbocycles. The van der Waals surface area contributed by atoms with Crippen LogP contribution in [0.2, 0.25) is 0 Å². The van der Waals surface area contributed by atoms with E-state index in [1.165, 1.54) is 4.90 Å². The van der Waals surface area contributed by atoms with Gasteiger partial charge in [0.2, 0.25) is 11.8 Å². The van der Waals surface area contributed by atoms with Gasteiger partial charge in [-0.2, -0.15) is 0 Å². The predicted molar refractivity (Wildman–Crippen MR) is 74.8 cm³/mol. The molecule has 1 atom stereocenters. The summed E-state index contributed by atoms with van der Waals surface area (Å²) >= 11 is 0. The molecule has 2 aliphatic rings. The van der Waals surface area contributed by atoms with E-state index < -0.39 is 11.4 Å². The van der Waals surface area contributed by atoms with Crippen LogP contribution in [0.4, 0.5) is 4.79 Å². The van der Waals surface area contributed by atoms with Gasteiger partial charge in [0.05, 0.1) is 0 Å². The molecule has 1 aliphatic heterocycles. The fourth-order valence-electron chi connectivity index (χ4n) is 3.14. The third kappa shape index (κ3) is 2.34. The Balaban J connectivity index is 2.35.